The summed E-state index contributed by atoms with van der Waals surface area (Å²) in [5, 5.41) is 10.5. The van der Waals surface area contributed by atoms with Crippen LogP contribution in [0.5, 0.6) is 0 Å². The number of rotatable bonds is 6. The average Bonchev–Trinajstić information content (AvgIpc) is 3.12. The first kappa shape index (κ1) is 17.5. The Morgan fingerprint density at radius 3 is 2.88 bits per heavy atom. The van der Waals surface area contributed by atoms with Crippen molar-refractivity contribution in [2.75, 3.05) is 11.9 Å². The summed E-state index contributed by atoms with van der Waals surface area (Å²) in [5.41, 5.74) is 2.05. The maximum absolute atomic E-state index is 14.1. The van der Waals surface area contributed by atoms with Crippen LogP contribution in [0.1, 0.15) is 29.6 Å². The number of nitrogens with one attached hydrogen (secondary N) is 1. The van der Waals surface area contributed by atoms with Crippen molar-refractivity contribution in [1.29, 1.82) is 0 Å². The lowest BCUT2D eigenvalue weighted by molar-refractivity contribution is 0.0460. The number of hydrogen-bond donors (Lipinski definition) is 1. The number of hydrogen-bond acceptors (Lipinski definition) is 7. The van der Waals surface area contributed by atoms with Gasteiger partial charge in [0.2, 0.25) is 0 Å². The van der Waals surface area contributed by atoms with Crippen molar-refractivity contribution in [3.63, 3.8) is 0 Å². The molecule has 0 radical (unpaired) electrons. The number of nitrogens with zero attached hydrogens (tertiary/aromatic N) is 3. The van der Waals surface area contributed by atoms with E-state index >= 15 is 0 Å². The van der Waals surface area contributed by atoms with Crippen LogP contribution in [-0.4, -0.2) is 27.8 Å². The number of benzene rings is 1. The second-order valence-corrected chi connectivity index (χ2v) is 5.58. The van der Waals surface area contributed by atoms with Crippen molar-refractivity contribution in [1.82, 2.24) is 15.2 Å². The predicted octanol–water partition coefficient (Wildman–Crippen LogP) is 3.89. The summed E-state index contributed by atoms with van der Waals surface area (Å²) >= 11 is 0. The lowest BCUT2D eigenvalue weighted by atomic mass is 10.2. The number of carbonyl (C=O) groups is 1. The Morgan fingerprint density at radius 1 is 1.27 bits per heavy atom. The Labute approximate surface area is 149 Å². The van der Waals surface area contributed by atoms with Gasteiger partial charge in [-0.05, 0) is 37.1 Å². The monoisotopic (exact) mass is 356 g/mol. The van der Waals surface area contributed by atoms with Crippen LogP contribution in [0.3, 0.4) is 0 Å². The van der Waals surface area contributed by atoms with Crippen LogP contribution >= 0.6 is 0 Å². The molecule has 0 atom stereocenters. The topological polar surface area (TPSA) is 90.1 Å². The van der Waals surface area contributed by atoms with E-state index in [1.807, 2.05) is 6.92 Å². The van der Waals surface area contributed by atoms with Crippen LogP contribution in [0.15, 0.2) is 41.1 Å². The first-order valence-electron chi connectivity index (χ1n) is 8.06. The normalized spacial score (nSPS) is 10.6. The van der Waals surface area contributed by atoms with Gasteiger partial charge in [-0.1, -0.05) is 13.0 Å². The van der Waals surface area contributed by atoms with Gasteiger partial charge in [0.15, 0.2) is 0 Å². The van der Waals surface area contributed by atoms with Crippen LogP contribution in [0, 0.1) is 12.7 Å². The lowest BCUT2D eigenvalue weighted by Gasteiger charge is -2.10. The summed E-state index contributed by atoms with van der Waals surface area (Å²) < 4.78 is 24.5. The van der Waals surface area contributed by atoms with Gasteiger partial charge in [-0.15, -0.1) is 10.2 Å². The summed E-state index contributed by atoms with van der Waals surface area (Å²) in [5.74, 6) is -1.21. The second-order valence-electron chi connectivity index (χ2n) is 5.58. The number of esters is 1. The Kier molecular flexibility index (Phi) is 5.21. The lowest BCUT2D eigenvalue weighted by Crippen LogP contribution is -2.06. The number of carbonyl (C=O) groups excluding carboxylic acids is 1. The maximum Gasteiger partial charge on any atom is 0.396 e. The first-order valence-corrected chi connectivity index (χ1v) is 8.06. The van der Waals surface area contributed by atoms with Gasteiger partial charge in [0.1, 0.15) is 5.82 Å². The molecule has 0 aliphatic heterocycles. The summed E-state index contributed by atoms with van der Waals surface area (Å²) in [6.07, 6.45) is 3.73. The highest BCUT2D eigenvalue weighted by atomic mass is 19.1. The minimum absolute atomic E-state index is 0.103. The molecule has 2 heterocycles. The van der Waals surface area contributed by atoms with Gasteiger partial charge in [0.25, 0.3) is 5.89 Å². The number of aromatic nitrogens is 3. The smallest absolute Gasteiger partial charge is 0.396 e. The molecule has 26 heavy (non-hydrogen) atoms. The third-order valence-corrected chi connectivity index (χ3v) is 3.48. The van der Waals surface area contributed by atoms with Crippen molar-refractivity contribution in [3.05, 3.63) is 53.9 Å². The minimum Gasteiger partial charge on any atom is -0.459 e. The molecule has 0 saturated heterocycles. The maximum atomic E-state index is 14.1. The first-order chi connectivity index (χ1) is 12.6. The molecule has 2 aromatic heterocycles. The number of pyridine rings is 1. The number of anilines is 2. The summed E-state index contributed by atoms with van der Waals surface area (Å²) in [6.45, 7) is 3.96. The van der Waals surface area contributed by atoms with E-state index in [4.69, 9.17) is 9.15 Å². The van der Waals surface area contributed by atoms with E-state index in [2.05, 4.69) is 20.5 Å². The second kappa shape index (κ2) is 7.73. The van der Waals surface area contributed by atoms with E-state index in [-0.39, 0.29) is 24.1 Å². The van der Waals surface area contributed by atoms with Crippen LogP contribution in [0.2, 0.25) is 0 Å². The molecule has 0 aliphatic carbocycles. The highest BCUT2D eigenvalue weighted by molar-refractivity contribution is 5.85. The molecule has 1 aromatic carbocycles. The molecule has 3 aromatic rings. The zero-order valence-electron chi connectivity index (χ0n) is 14.3. The molecule has 0 bridgehead atoms. The Balaban J connectivity index is 1.88. The van der Waals surface area contributed by atoms with Crippen LogP contribution in [0.4, 0.5) is 15.8 Å². The van der Waals surface area contributed by atoms with E-state index < -0.39 is 11.8 Å². The fourth-order valence-corrected chi connectivity index (χ4v) is 2.22. The quantitative estimate of drug-likeness (QED) is 0.670. The predicted molar refractivity (Wildman–Crippen MR) is 92.5 cm³/mol. The largest absolute Gasteiger partial charge is 0.459 e. The highest BCUT2D eigenvalue weighted by Crippen LogP contribution is 2.29. The van der Waals surface area contributed by atoms with Gasteiger partial charge in [-0.25, -0.2) is 9.18 Å². The molecular weight excluding hydrogens is 339 g/mol. The molecular formula is C18H17FN4O3. The van der Waals surface area contributed by atoms with E-state index in [0.29, 0.717) is 17.7 Å². The van der Waals surface area contributed by atoms with Crippen LogP contribution < -0.4 is 5.32 Å². The molecule has 3 rings (SSSR count). The van der Waals surface area contributed by atoms with Crippen molar-refractivity contribution in [2.45, 2.75) is 20.3 Å². The van der Waals surface area contributed by atoms with Gasteiger partial charge in [-0.3, -0.25) is 4.98 Å². The van der Waals surface area contributed by atoms with E-state index in [1.165, 1.54) is 18.5 Å². The Hall–Kier alpha value is -3.29. The van der Waals surface area contributed by atoms with Crippen LogP contribution in [0.25, 0.3) is 11.5 Å². The highest BCUT2D eigenvalue weighted by Gasteiger charge is 2.19. The van der Waals surface area contributed by atoms with Gasteiger partial charge < -0.3 is 14.5 Å². The Morgan fingerprint density at radius 2 is 2.12 bits per heavy atom. The molecule has 8 heteroatoms. The molecule has 0 unspecified atom stereocenters. The summed E-state index contributed by atoms with van der Waals surface area (Å²) in [6, 6.07) is 6.47. The van der Waals surface area contributed by atoms with Gasteiger partial charge in [-0.2, -0.15) is 0 Å². The molecule has 0 fully saturated rings. The van der Waals surface area contributed by atoms with E-state index in [0.717, 1.165) is 5.56 Å². The van der Waals surface area contributed by atoms with Gasteiger partial charge >= 0.3 is 11.9 Å². The zero-order chi connectivity index (χ0) is 18.5. The van der Waals surface area contributed by atoms with E-state index in [1.54, 1.807) is 25.1 Å². The number of halogens is 1. The summed E-state index contributed by atoms with van der Waals surface area (Å²) in [7, 11) is 0. The molecule has 0 amide bonds. The summed E-state index contributed by atoms with van der Waals surface area (Å²) in [4.78, 5) is 15.8. The zero-order valence-corrected chi connectivity index (χ0v) is 14.3. The van der Waals surface area contributed by atoms with Crippen molar-refractivity contribution in [3.8, 4) is 11.5 Å². The fourth-order valence-electron chi connectivity index (χ4n) is 2.22. The van der Waals surface area contributed by atoms with E-state index in [9.17, 15) is 9.18 Å². The van der Waals surface area contributed by atoms with Crippen molar-refractivity contribution >= 4 is 17.3 Å². The molecule has 0 spiro atoms. The number of aryl methyl sites for hydroxylation is 1. The standard InChI is InChI=1S/C18H17FN4O3/c1-3-8-25-18(24)17-23-22-16(26-17)12-6-7-20-10-15(12)21-14-5-4-11(2)9-13(14)19/h4-7,9-10,21H,3,8H2,1-2H3. The molecule has 7 nitrogen and oxygen atoms in total. The molecule has 0 aliphatic rings. The van der Waals surface area contributed by atoms with Gasteiger partial charge in [0, 0.05) is 6.20 Å². The third kappa shape index (κ3) is 3.85. The minimum atomic E-state index is -0.682. The number of ether oxygens (including phenoxy) is 1. The van der Waals surface area contributed by atoms with Crippen LogP contribution in [-0.2, 0) is 4.74 Å². The van der Waals surface area contributed by atoms with Crippen molar-refractivity contribution < 1.29 is 18.3 Å². The SMILES string of the molecule is CCCOC(=O)c1nnc(-c2ccncc2Nc2ccc(C)cc2F)o1. The molecule has 1 N–H and O–H groups in total. The van der Waals surface area contributed by atoms with Gasteiger partial charge in [0.05, 0.1) is 29.7 Å². The Bertz CT molecular complexity index is 926. The van der Waals surface area contributed by atoms with Crippen molar-refractivity contribution in [2.24, 2.45) is 0 Å². The average molecular weight is 356 g/mol. The molecule has 134 valence electrons. The fraction of sp³-hybridized carbons (Fsp3) is 0.222. The molecule has 0 saturated carbocycles. The third-order valence-electron chi connectivity index (χ3n) is 3.48.